The fraction of sp³-hybridized carbons (Fsp3) is 0.182. The molecule has 0 saturated carbocycles. The Hall–Kier alpha value is -1.37. The van der Waals surface area contributed by atoms with Crippen LogP contribution in [0, 0.1) is 0 Å². The summed E-state index contributed by atoms with van der Waals surface area (Å²) in [6.45, 7) is 2.11. The standard InChI is InChI=1S/C11H11N/c1-9-11-7-3-2-5-10(11)6-4-8-12-9/h2-9H,1H3/t9-/m1/s1. The molecule has 1 atom stereocenters. The maximum Gasteiger partial charge on any atom is 0.0726 e. The van der Waals surface area contributed by atoms with Crippen LogP contribution in [0.2, 0.25) is 0 Å². The Bertz CT molecular complexity index is 337. The van der Waals surface area contributed by atoms with Gasteiger partial charge in [0.05, 0.1) is 6.04 Å². The second-order valence-electron chi connectivity index (χ2n) is 2.96. The second kappa shape index (κ2) is 2.94. The number of aliphatic imine (C=N–C) groups is 1. The van der Waals surface area contributed by atoms with Gasteiger partial charge in [0, 0.05) is 6.21 Å². The minimum atomic E-state index is 0.288. The van der Waals surface area contributed by atoms with Gasteiger partial charge in [-0.05, 0) is 24.1 Å². The van der Waals surface area contributed by atoms with Crippen LogP contribution in [0.15, 0.2) is 35.3 Å². The third-order valence-corrected chi connectivity index (χ3v) is 2.12. The molecule has 60 valence electrons. The third-order valence-electron chi connectivity index (χ3n) is 2.12. The van der Waals surface area contributed by atoms with Crippen molar-refractivity contribution in [3.63, 3.8) is 0 Å². The van der Waals surface area contributed by atoms with Crippen LogP contribution in [-0.2, 0) is 0 Å². The van der Waals surface area contributed by atoms with Crippen molar-refractivity contribution >= 4 is 12.3 Å². The summed E-state index contributed by atoms with van der Waals surface area (Å²) in [5.41, 5.74) is 2.59. The minimum Gasteiger partial charge on any atom is -0.285 e. The van der Waals surface area contributed by atoms with Crippen LogP contribution in [0.4, 0.5) is 0 Å². The molecule has 0 saturated heterocycles. The predicted molar refractivity (Wildman–Crippen MR) is 52.4 cm³/mol. The normalized spacial score (nSPS) is 20.2. The molecule has 0 amide bonds. The van der Waals surface area contributed by atoms with Crippen molar-refractivity contribution in [2.75, 3.05) is 0 Å². The van der Waals surface area contributed by atoms with Crippen molar-refractivity contribution in [3.05, 3.63) is 41.5 Å². The van der Waals surface area contributed by atoms with Crippen molar-refractivity contribution in [1.82, 2.24) is 0 Å². The van der Waals surface area contributed by atoms with Gasteiger partial charge in [0.15, 0.2) is 0 Å². The molecule has 1 nitrogen and oxygen atoms in total. The van der Waals surface area contributed by atoms with E-state index in [9.17, 15) is 0 Å². The summed E-state index contributed by atoms with van der Waals surface area (Å²) >= 11 is 0. The predicted octanol–water partition coefficient (Wildman–Crippen LogP) is 2.85. The van der Waals surface area contributed by atoms with E-state index < -0.39 is 0 Å². The molecule has 0 aromatic heterocycles. The number of rotatable bonds is 0. The van der Waals surface area contributed by atoms with E-state index in [1.807, 2.05) is 12.3 Å². The third kappa shape index (κ3) is 1.18. The summed E-state index contributed by atoms with van der Waals surface area (Å²) in [4.78, 5) is 4.35. The van der Waals surface area contributed by atoms with Gasteiger partial charge in [-0.15, -0.1) is 0 Å². The molecule has 0 spiro atoms. The van der Waals surface area contributed by atoms with E-state index in [1.54, 1.807) is 0 Å². The fourth-order valence-corrected chi connectivity index (χ4v) is 1.45. The van der Waals surface area contributed by atoms with Gasteiger partial charge >= 0.3 is 0 Å². The Morgan fingerprint density at radius 1 is 1.25 bits per heavy atom. The van der Waals surface area contributed by atoms with Crippen LogP contribution in [-0.4, -0.2) is 6.21 Å². The Labute approximate surface area is 72.5 Å². The molecule has 1 aromatic rings. The average Bonchev–Trinajstić information content (AvgIpc) is 2.29. The maximum atomic E-state index is 4.35. The highest BCUT2D eigenvalue weighted by Gasteiger charge is 2.06. The molecular formula is C11H11N. The van der Waals surface area contributed by atoms with Crippen LogP contribution < -0.4 is 0 Å². The van der Waals surface area contributed by atoms with E-state index in [1.165, 1.54) is 11.1 Å². The van der Waals surface area contributed by atoms with E-state index in [-0.39, 0.29) is 6.04 Å². The molecule has 1 aliphatic heterocycles. The van der Waals surface area contributed by atoms with Gasteiger partial charge in [0.25, 0.3) is 0 Å². The quantitative estimate of drug-likeness (QED) is 0.549. The van der Waals surface area contributed by atoms with Crippen molar-refractivity contribution < 1.29 is 0 Å². The number of allylic oxidation sites excluding steroid dienone is 1. The number of fused-ring (bicyclic) bond motifs is 1. The summed E-state index contributed by atoms with van der Waals surface area (Å²) in [5, 5.41) is 0. The SMILES string of the molecule is C[C@H]1N=CC=Cc2ccccc21. The van der Waals surface area contributed by atoms with Crippen LogP contribution in [0.3, 0.4) is 0 Å². The van der Waals surface area contributed by atoms with Gasteiger partial charge in [0.2, 0.25) is 0 Å². The molecular weight excluding hydrogens is 146 g/mol. The molecule has 0 aliphatic carbocycles. The topological polar surface area (TPSA) is 12.4 Å². The summed E-state index contributed by atoms with van der Waals surface area (Å²) < 4.78 is 0. The van der Waals surface area contributed by atoms with Crippen molar-refractivity contribution in [1.29, 1.82) is 0 Å². The minimum absolute atomic E-state index is 0.288. The lowest BCUT2D eigenvalue weighted by Crippen LogP contribution is -1.90. The molecule has 1 heterocycles. The zero-order chi connectivity index (χ0) is 8.39. The first-order valence-corrected chi connectivity index (χ1v) is 4.17. The Kier molecular flexibility index (Phi) is 1.78. The smallest absolute Gasteiger partial charge is 0.0726 e. The molecule has 0 radical (unpaired) electrons. The lowest BCUT2D eigenvalue weighted by atomic mass is 10.0. The molecule has 2 rings (SSSR count). The van der Waals surface area contributed by atoms with Gasteiger partial charge in [-0.1, -0.05) is 30.3 Å². The van der Waals surface area contributed by atoms with Gasteiger partial charge in [-0.2, -0.15) is 0 Å². The zero-order valence-corrected chi connectivity index (χ0v) is 7.07. The van der Waals surface area contributed by atoms with E-state index in [0.29, 0.717) is 0 Å². The highest BCUT2D eigenvalue weighted by molar-refractivity contribution is 5.80. The molecule has 0 N–H and O–H groups in total. The Morgan fingerprint density at radius 2 is 2.08 bits per heavy atom. The first-order chi connectivity index (χ1) is 5.88. The molecule has 1 heteroatoms. The number of hydrogen-bond acceptors (Lipinski definition) is 1. The highest BCUT2D eigenvalue weighted by Crippen LogP contribution is 2.23. The molecule has 0 bridgehead atoms. The lowest BCUT2D eigenvalue weighted by molar-refractivity contribution is 0.825. The van der Waals surface area contributed by atoms with Gasteiger partial charge in [-0.25, -0.2) is 0 Å². The first kappa shape index (κ1) is 7.29. The maximum absolute atomic E-state index is 4.35. The summed E-state index contributed by atoms with van der Waals surface area (Å²) in [6, 6.07) is 8.66. The van der Waals surface area contributed by atoms with Crippen LogP contribution in [0.25, 0.3) is 6.08 Å². The van der Waals surface area contributed by atoms with Gasteiger partial charge in [0.1, 0.15) is 0 Å². The lowest BCUT2D eigenvalue weighted by Gasteiger charge is -2.07. The second-order valence-corrected chi connectivity index (χ2v) is 2.96. The molecule has 0 fully saturated rings. The molecule has 1 aliphatic rings. The average molecular weight is 157 g/mol. The van der Waals surface area contributed by atoms with E-state index in [4.69, 9.17) is 0 Å². The Balaban J connectivity index is 2.56. The van der Waals surface area contributed by atoms with Crippen molar-refractivity contribution in [3.8, 4) is 0 Å². The fourth-order valence-electron chi connectivity index (χ4n) is 1.45. The van der Waals surface area contributed by atoms with Crippen molar-refractivity contribution in [2.24, 2.45) is 4.99 Å². The van der Waals surface area contributed by atoms with E-state index in [0.717, 1.165) is 0 Å². The first-order valence-electron chi connectivity index (χ1n) is 4.17. The summed E-state index contributed by atoms with van der Waals surface area (Å²) in [7, 11) is 0. The van der Waals surface area contributed by atoms with Gasteiger partial charge in [-0.3, -0.25) is 4.99 Å². The van der Waals surface area contributed by atoms with Crippen LogP contribution >= 0.6 is 0 Å². The highest BCUT2D eigenvalue weighted by atomic mass is 14.8. The molecule has 0 unspecified atom stereocenters. The van der Waals surface area contributed by atoms with E-state index >= 15 is 0 Å². The number of nitrogens with zero attached hydrogens (tertiary/aromatic N) is 1. The summed E-state index contributed by atoms with van der Waals surface area (Å²) in [5.74, 6) is 0. The largest absolute Gasteiger partial charge is 0.285 e. The van der Waals surface area contributed by atoms with Crippen molar-refractivity contribution in [2.45, 2.75) is 13.0 Å². The Morgan fingerprint density at radius 3 is 3.00 bits per heavy atom. The van der Waals surface area contributed by atoms with Gasteiger partial charge < -0.3 is 0 Å². The molecule has 12 heavy (non-hydrogen) atoms. The number of hydrogen-bond donors (Lipinski definition) is 0. The summed E-state index contributed by atoms with van der Waals surface area (Å²) in [6.07, 6.45) is 5.95. The molecule has 1 aromatic carbocycles. The monoisotopic (exact) mass is 157 g/mol. The zero-order valence-electron chi connectivity index (χ0n) is 7.07. The van der Waals surface area contributed by atoms with E-state index in [2.05, 4.69) is 42.3 Å². The number of benzene rings is 1. The van der Waals surface area contributed by atoms with Crippen LogP contribution in [0.1, 0.15) is 24.1 Å². The van der Waals surface area contributed by atoms with Crippen LogP contribution in [0.5, 0.6) is 0 Å².